The van der Waals surface area contributed by atoms with Crippen LogP contribution >= 0.6 is 23.2 Å². The lowest BCUT2D eigenvalue weighted by Gasteiger charge is -2.32. The summed E-state index contributed by atoms with van der Waals surface area (Å²) in [6.07, 6.45) is 6.56. The molecule has 1 atom stereocenters. The van der Waals surface area contributed by atoms with Crippen molar-refractivity contribution in [3.05, 3.63) is 105 Å². The molecule has 3 aromatic rings. The molecule has 2 amide bonds. The van der Waals surface area contributed by atoms with E-state index in [1.165, 1.54) is 5.56 Å². The summed E-state index contributed by atoms with van der Waals surface area (Å²) >= 11 is 12.5. The van der Waals surface area contributed by atoms with Crippen molar-refractivity contribution in [3.63, 3.8) is 0 Å². The van der Waals surface area contributed by atoms with E-state index in [1.807, 2.05) is 36.4 Å². The predicted molar refractivity (Wildman–Crippen MR) is 155 cm³/mol. The lowest BCUT2D eigenvalue weighted by atomic mass is 10.0. The standard InChI is InChI=1S/C32H36Cl2N2O2/c1-2-23-12-14-24(15-13-23)17-19-31(37)36(22-26-16-18-28(33)29(34)20-26)30(21-25-8-4-3-5-9-25)32(38)35-27-10-6-7-11-27/h3-5,8-9,12-16,18,20,27,30H,2,6-7,10-11,17,19,21-22H2,1H3,(H,35,38)/t30-/m1/s1. The maximum absolute atomic E-state index is 13.9. The third kappa shape index (κ3) is 7.85. The largest absolute Gasteiger partial charge is 0.352 e. The van der Waals surface area contributed by atoms with Crippen LogP contribution in [0.1, 0.15) is 61.3 Å². The summed E-state index contributed by atoms with van der Waals surface area (Å²) in [5.41, 5.74) is 4.24. The van der Waals surface area contributed by atoms with E-state index in [1.54, 1.807) is 17.0 Å². The highest BCUT2D eigenvalue weighted by molar-refractivity contribution is 6.42. The van der Waals surface area contributed by atoms with Gasteiger partial charge < -0.3 is 10.2 Å². The minimum absolute atomic E-state index is 0.0573. The molecule has 0 spiro atoms. The molecule has 1 N–H and O–H groups in total. The van der Waals surface area contributed by atoms with Crippen LogP contribution in [0.15, 0.2) is 72.8 Å². The first-order chi connectivity index (χ1) is 18.4. The summed E-state index contributed by atoms with van der Waals surface area (Å²) in [6, 6.07) is 23.2. The van der Waals surface area contributed by atoms with Gasteiger partial charge in [0.25, 0.3) is 0 Å². The maximum Gasteiger partial charge on any atom is 0.243 e. The number of amides is 2. The number of benzene rings is 3. The van der Waals surface area contributed by atoms with Gasteiger partial charge in [-0.3, -0.25) is 9.59 Å². The Morgan fingerprint density at radius 1 is 0.868 bits per heavy atom. The van der Waals surface area contributed by atoms with Crippen LogP contribution in [0.2, 0.25) is 10.0 Å². The molecule has 0 aromatic heterocycles. The van der Waals surface area contributed by atoms with Gasteiger partial charge in [0.1, 0.15) is 6.04 Å². The molecule has 200 valence electrons. The molecule has 0 bridgehead atoms. The summed E-state index contributed by atoms with van der Waals surface area (Å²) in [5, 5.41) is 4.14. The van der Waals surface area contributed by atoms with Crippen LogP contribution in [0.3, 0.4) is 0 Å². The summed E-state index contributed by atoms with van der Waals surface area (Å²) < 4.78 is 0. The average Bonchev–Trinajstić information content (AvgIpc) is 3.45. The first-order valence-electron chi connectivity index (χ1n) is 13.6. The minimum atomic E-state index is -0.637. The molecule has 0 heterocycles. The molecule has 1 aliphatic rings. The number of hydrogen-bond acceptors (Lipinski definition) is 2. The van der Waals surface area contributed by atoms with Crippen LogP contribution in [0, 0.1) is 0 Å². The zero-order valence-corrected chi connectivity index (χ0v) is 23.5. The van der Waals surface area contributed by atoms with Gasteiger partial charge in [-0.15, -0.1) is 0 Å². The molecule has 38 heavy (non-hydrogen) atoms. The van der Waals surface area contributed by atoms with Crippen molar-refractivity contribution in [1.29, 1.82) is 0 Å². The molecule has 4 rings (SSSR count). The van der Waals surface area contributed by atoms with Crippen LogP contribution in [-0.2, 0) is 35.4 Å². The molecule has 0 saturated heterocycles. The van der Waals surface area contributed by atoms with Crippen LogP contribution in [-0.4, -0.2) is 28.8 Å². The van der Waals surface area contributed by atoms with Gasteiger partial charge in [-0.1, -0.05) is 104 Å². The number of hydrogen-bond donors (Lipinski definition) is 1. The Kier molecular flexibility index (Phi) is 10.3. The summed E-state index contributed by atoms with van der Waals surface area (Å²) in [6.45, 7) is 2.41. The number of halogens is 2. The fraction of sp³-hybridized carbons (Fsp3) is 0.375. The van der Waals surface area contributed by atoms with Crippen molar-refractivity contribution >= 4 is 35.0 Å². The van der Waals surface area contributed by atoms with Gasteiger partial charge in [0.05, 0.1) is 10.0 Å². The number of rotatable bonds is 11. The van der Waals surface area contributed by atoms with Gasteiger partial charge in [-0.2, -0.15) is 0 Å². The first kappa shape index (κ1) is 28.2. The van der Waals surface area contributed by atoms with Crippen molar-refractivity contribution < 1.29 is 9.59 Å². The lowest BCUT2D eigenvalue weighted by Crippen LogP contribution is -2.52. The van der Waals surface area contributed by atoms with Gasteiger partial charge in [-0.25, -0.2) is 0 Å². The van der Waals surface area contributed by atoms with Crippen LogP contribution in [0.4, 0.5) is 0 Å². The number of carbonyl (C=O) groups is 2. The molecule has 1 aliphatic carbocycles. The monoisotopic (exact) mass is 550 g/mol. The topological polar surface area (TPSA) is 49.4 Å². The number of carbonyl (C=O) groups excluding carboxylic acids is 2. The zero-order valence-electron chi connectivity index (χ0n) is 22.0. The van der Waals surface area contributed by atoms with Crippen molar-refractivity contribution in [2.45, 2.75) is 76.9 Å². The van der Waals surface area contributed by atoms with Gasteiger partial charge in [0.2, 0.25) is 11.8 Å². The fourth-order valence-electron chi connectivity index (χ4n) is 5.09. The Balaban J connectivity index is 1.61. The molecule has 0 aliphatic heterocycles. The number of nitrogens with zero attached hydrogens (tertiary/aromatic N) is 1. The van der Waals surface area contributed by atoms with E-state index in [-0.39, 0.29) is 24.4 Å². The van der Waals surface area contributed by atoms with E-state index >= 15 is 0 Å². The molecule has 0 radical (unpaired) electrons. The Labute approximate surface area is 236 Å². The second kappa shape index (κ2) is 13.8. The molecule has 1 saturated carbocycles. The lowest BCUT2D eigenvalue weighted by molar-refractivity contribution is -0.141. The van der Waals surface area contributed by atoms with Crippen molar-refractivity contribution in [1.82, 2.24) is 10.2 Å². The predicted octanol–water partition coefficient (Wildman–Crippen LogP) is 7.19. The third-order valence-corrected chi connectivity index (χ3v) is 8.11. The number of aryl methyl sites for hydroxylation is 2. The Hall–Kier alpha value is -2.82. The molecular weight excluding hydrogens is 515 g/mol. The van der Waals surface area contributed by atoms with Crippen molar-refractivity contribution in [2.24, 2.45) is 0 Å². The van der Waals surface area contributed by atoms with Crippen LogP contribution in [0.25, 0.3) is 0 Å². The first-order valence-corrected chi connectivity index (χ1v) is 14.3. The van der Waals surface area contributed by atoms with Gasteiger partial charge >= 0.3 is 0 Å². The second-order valence-corrected chi connectivity index (χ2v) is 11.0. The van der Waals surface area contributed by atoms with Crippen LogP contribution in [0.5, 0.6) is 0 Å². The second-order valence-electron chi connectivity index (χ2n) is 10.1. The van der Waals surface area contributed by atoms with E-state index in [0.29, 0.717) is 29.3 Å². The van der Waals surface area contributed by atoms with E-state index in [2.05, 4.69) is 36.5 Å². The van der Waals surface area contributed by atoms with Crippen molar-refractivity contribution in [2.75, 3.05) is 0 Å². The molecular formula is C32H36Cl2N2O2. The average molecular weight is 552 g/mol. The van der Waals surface area contributed by atoms with Crippen molar-refractivity contribution in [3.8, 4) is 0 Å². The molecule has 4 nitrogen and oxygen atoms in total. The Bertz CT molecular complexity index is 1210. The quantitative estimate of drug-likeness (QED) is 0.274. The Morgan fingerprint density at radius 3 is 2.18 bits per heavy atom. The molecule has 3 aromatic carbocycles. The van der Waals surface area contributed by atoms with Gasteiger partial charge in [-0.05, 0) is 60.1 Å². The summed E-state index contributed by atoms with van der Waals surface area (Å²) in [4.78, 5) is 29.3. The SMILES string of the molecule is CCc1ccc(CCC(=O)N(Cc2ccc(Cl)c(Cl)c2)[C@H](Cc2ccccc2)C(=O)NC2CCCC2)cc1. The summed E-state index contributed by atoms with van der Waals surface area (Å²) in [7, 11) is 0. The van der Waals surface area contributed by atoms with Crippen LogP contribution < -0.4 is 5.32 Å². The zero-order chi connectivity index (χ0) is 26.9. The minimum Gasteiger partial charge on any atom is -0.352 e. The van der Waals surface area contributed by atoms with E-state index in [4.69, 9.17) is 23.2 Å². The van der Waals surface area contributed by atoms with E-state index in [9.17, 15) is 9.59 Å². The molecule has 1 fully saturated rings. The van der Waals surface area contributed by atoms with Gasteiger partial charge in [0, 0.05) is 25.4 Å². The third-order valence-electron chi connectivity index (χ3n) is 7.37. The Morgan fingerprint density at radius 2 is 1.53 bits per heavy atom. The molecule has 6 heteroatoms. The molecule has 0 unspecified atom stereocenters. The van der Waals surface area contributed by atoms with E-state index < -0.39 is 6.04 Å². The number of nitrogens with one attached hydrogen (secondary N) is 1. The highest BCUT2D eigenvalue weighted by Crippen LogP contribution is 2.25. The summed E-state index contributed by atoms with van der Waals surface area (Å²) in [5.74, 6) is -0.153. The highest BCUT2D eigenvalue weighted by atomic mass is 35.5. The van der Waals surface area contributed by atoms with Gasteiger partial charge in [0.15, 0.2) is 0 Å². The smallest absolute Gasteiger partial charge is 0.243 e. The maximum atomic E-state index is 13.9. The highest BCUT2D eigenvalue weighted by Gasteiger charge is 2.32. The normalized spacial score (nSPS) is 14.3. The van der Waals surface area contributed by atoms with E-state index in [0.717, 1.165) is 48.8 Å². The fourth-order valence-corrected chi connectivity index (χ4v) is 5.41.